The summed E-state index contributed by atoms with van der Waals surface area (Å²) < 4.78 is 1.77. The number of carbonyl (C=O) groups excluding carboxylic acids is 1. The van der Waals surface area contributed by atoms with E-state index in [1.165, 1.54) is 19.3 Å². The number of nitrogens with one attached hydrogen (secondary N) is 1. The number of thiophene rings is 1. The van der Waals surface area contributed by atoms with Crippen molar-refractivity contribution in [2.75, 3.05) is 0 Å². The van der Waals surface area contributed by atoms with Gasteiger partial charge in [-0.15, -0.1) is 5.10 Å². The number of hydrogen-bond acceptors (Lipinski definition) is 4. The topological polar surface area (TPSA) is 59.8 Å². The molecule has 5 nitrogen and oxygen atoms in total. The van der Waals surface area contributed by atoms with E-state index in [4.69, 9.17) is 0 Å². The maximum absolute atomic E-state index is 12.9. The fourth-order valence-electron chi connectivity index (χ4n) is 5.64. The van der Waals surface area contributed by atoms with Crippen LogP contribution in [0, 0.1) is 23.2 Å². The first-order valence-electron chi connectivity index (χ1n) is 8.92. The van der Waals surface area contributed by atoms with Gasteiger partial charge in [0.25, 0.3) is 0 Å². The van der Waals surface area contributed by atoms with E-state index in [0.29, 0.717) is 6.54 Å². The van der Waals surface area contributed by atoms with Crippen LogP contribution < -0.4 is 5.32 Å². The minimum Gasteiger partial charge on any atom is -0.350 e. The molecule has 126 valence electrons. The third-order valence-electron chi connectivity index (χ3n) is 6.26. The Balaban J connectivity index is 1.26. The van der Waals surface area contributed by atoms with Crippen LogP contribution in [0.2, 0.25) is 0 Å². The first kappa shape index (κ1) is 14.6. The standard InChI is InChI=1S/C18H22N4OS/c23-17(18-6-12-3-13(7-18)5-14(4-12)8-18)19-9-15-10-22(21-20-15)16-1-2-24-11-16/h1-2,10-14H,3-9H2,(H,19,23). The molecular formula is C18H22N4OS. The molecule has 4 bridgehead atoms. The molecule has 2 heterocycles. The molecule has 1 N–H and O–H groups in total. The van der Waals surface area contributed by atoms with Gasteiger partial charge in [0, 0.05) is 10.8 Å². The van der Waals surface area contributed by atoms with Gasteiger partial charge in [0.1, 0.15) is 5.69 Å². The molecule has 0 spiro atoms. The van der Waals surface area contributed by atoms with Crippen molar-refractivity contribution in [2.45, 2.75) is 45.1 Å². The van der Waals surface area contributed by atoms with Crippen molar-refractivity contribution in [1.29, 1.82) is 0 Å². The zero-order chi connectivity index (χ0) is 16.1. The summed E-state index contributed by atoms with van der Waals surface area (Å²) in [5, 5.41) is 15.6. The highest BCUT2D eigenvalue weighted by Crippen LogP contribution is 2.60. The van der Waals surface area contributed by atoms with Crippen LogP contribution >= 0.6 is 11.3 Å². The summed E-state index contributed by atoms with van der Waals surface area (Å²) in [6.45, 7) is 0.477. The Morgan fingerprint density at radius 3 is 2.58 bits per heavy atom. The number of nitrogens with zero attached hydrogens (tertiary/aromatic N) is 3. The fourth-order valence-corrected chi connectivity index (χ4v) is 6.26. The lowest BCUT2D eigenvalue weighted by Crippen LogP contribution is -2.53. The van der Waals surface area contributed by atoms with E-state index >= 15 is 0 Å². The lowest BCUT2D eigenvalue weighted by atomic mass is 9.49. The summed E-state index contributed by atoms with van der Waals surface area (Å²) >= 11 is 1.64. The van der Waals surface area contributed by atoms with Crippen LogP contribution in [0.1, 0.15) is 44.2 Å². The van der Waals surface area contributed by atoms with Gasteiger partial charge in [-0.25, -0.2) is 4.68 Å². The van der Waals surface area contributed by atoms with Crippen molar-refractivity contribution in [2.24, 2.45) is 23.2 Å². The van der Waals surface area contributed by atoms with Gasteiger partial charge in [-0.2, -0.15) is 11.3 Å². The Labute approximate surface area is 145 Å². The van der Waals surface area contributed by atoms with Crippen molar-refractivity contribution in [3.63, 3.8) is 0 Å². The normalized spacial score (nSPS) is 33.8. The van der Waals surface area contributed by atoms with E-state index in [2.05, 4.69) is 15.6 Å². The van der Waals surface area contributed by atoms with E-state index in [-0.39, 0.29) is 11.3 Å². The minimum atomic E-state index is -0.0852. The maximum Gasteiger partial charge on any atom is 0.226 e. The fraction of sp³-hybridized carbons (Fsp3) is 0.611. The number of aromatic nitrogens is 3. The highest BCUT2D eigenvalue weighted by Gasteiger charge is 2.54. The van der Waals surface area contributed by atoms with Gasteiger partial charge in [-0.3, -0.25) is 4.79 Å². The summed E-state index contributed by atoms with van der Waals surface area (Å²) in [7, 11) is 0. The van der Waals surface area contributed by atoms with Crippen molar-refractivity contribution >= 4 is 17.2 Å². The van der Waals surface area contributed by atoms with Crippen LogP contribution in [0.15, 0.2) is 23.0 Å². The third-order valence-corrected chi connectivity index (χ3v) is 6.93. The lowest BCUT2D eigenvalue weighted by molar-refractivity contribution is -0.146. The molecule has 0 unspecified atom stereocenters. The van der Waals surface area contributed by atoms with E-state index in [9.17, 15) is 4.79 Å². The van der Waals surface area contributed by atoms with E-state index in [1.807, 2.05) is 23.0 Å². The molecule has 0 radical (unpaired) electrons. The predicted octanol–water partition coefficient (Wildman–Crippen LogP) is 3.16. The molecule has 6 rings (SSSR count). The van der Waals surface area contributed by atoms with Gasteiger partial charge in [0.05, 0.1) is 18.4 Å². The van der Waals surface area contributed by atoms with Gasteiger partial charge in [0.2, 0.25) is 5.91 Å². The average molecular weight is 342 g/mol. The summed E-state index contributed by atoms with van der Waals surface area (Å²) in [5.74, 6) is 2.64. The van der Waals surface area contributed by atoms with Crippen molar-refractivity contribution < 1.29 is 4.79 Å². The molecule has 2 aromatic heterocycles. The zero-order valence-corrected chi connectivity index (χ0v) is 14.5. The van der Waals surface area contributed by atoms with Gasteiger partial charge in [0.15, 0.2) is 0 Å². The SMILES string of the molecule is O=C(NCc1cn(-c2ccsc2)nn1)C12CC3CC(CC(C3)C1)C2. The van der Waals surface area contributed by atoms with Crippen molar-refractivity contribution in [3.05, 3.63) is 28.7 Å². The molecule has 4 aliphatic carbocycles. The second-order valence-corrected chi connectivity index (χ2v) is 8.80. The second-order valence-electron chi connectivity index (χ2n) is 8.02. The Hall–Kier alpha value is -1.69. The first-order chi connectivity index (χ1) is 11.7. The van der Waals surface area contributed by atoms with E-state index < -0.39 is 0 Å². The van der Waals surface area contributed by atoms with Crippen molar-refractivity contribution in [3.8, 4) is 5.69 Å². The first-order valence-corrected chi connectivity index (χ1v) is 9.87. The van der Waals surface area contributed by atoms with Crippen LogP contribution in [0.4, 0.5) is 0 Å². The number of amides is 1. The largest absolute Gasteiger partial charge is 0.350 e. The van der Waals surface area contributed by atoms with Gasteiger partial charge >= 0.3 is 0 Å². The third kappa shape index (κ3) is 2.39. The molecular weight excluding hydrogens is 320 g/mol. The predicted molar refractivity (Wildman–Crippen MR) is 91.7 cm³/mol. The molecule has 0 aliphatic heterocycles. The second kappa shape index (κ2) is 5.41. The Morgan fingerprint density at radius 2 is 1.96 bits per heavy atom. The molecule has 4 aliphatic rings. The van der Waals surface area contributed by atoms with Crippen LogP contribution in [0.25, 0.3) is 5.69 Å². The lowest BCUT2D eigenvalue weighted by Gasteiger charge is -2.55. The molecule has 2 aromatic rings. The van der Waals surface area contributed by atoms with E-state index in [0.717, 1.165) is 48.4 Å². The number of carbonyl (C=O) groups is 1. The van der Waals surface area contributed by atoms with Crippen molar-refractivity contribution in [1.82, 2.24) is 20.3 Å². The average Bonchev–Trinajstić information content (AvgIpc) is 3.22. The van der Waals surface area contributed by atoms with Gasteiger partial charge < -0.3 is 5.32 Å². The van der Waals surface area contributed by atoms with Gasteiger partial charge in [-0.1, -0.05) is 5.21 Å². The van der Waals surface area contributed by atoms with Gasteiger partial charge in [-0.05, 0) is 67.7 Å². The van der Waals surface area contributed by atoms with Crippen LogP contribution in [-0.4, -0.2) is 20.9 Å². The van der Waals surface area contributed by atoms with E-state index in [1.54, 1.807) is 16.0 Å². The zero-order valence-electron chi connectivity index (χ0n) is 13.6. The number of hydrogen-bond donors (Lipinski definition) is 1. The molecule has 24 heavy (non-hydrogen) atoms. The summed E-state index contributed by atoms with van der Waals surface area (Å²) in [6.07, 6.45) is 9.30. The minimum absolute atomic E-state index is 0.0852. The molecule has 1 amide bonds. The van der Waals surface area contributed by atoms with Crippen LogP contribution in [-0.2, 0) is 11.3 Å². The monoisotopic (exact) mass is 342 g/mol. The Morgan fingerprint density at radius 1 is 1.25 bits per heavy atom. The highest BCUT2D eigenvalue weighted by atomic mass is 32.1. The smallest absolute Gasteiger partial charge is 0.226 e. The molecule has 4 fully saturated rings. The summed E-state index contributed by atoms with van der Waals surface area (Å²) in [4.78, 5) is 12.9. The Bertz CT molecular complexity index is 716. The molecule has 0 saturated heterocycles. The van der Waals surface area contributed by atoms with Crippen LogP contribution in [0.5, 0.6) is 0 Å². The molecule has 4 saturated carbocycles. The molecule has 0 atom stereocenters. The number of rotatable bonds is 4. The Kier molecular flexibility index (Phi) is 3.30. The maximum atomic E-state index is 12.9. The molecule has 6 heteroatoms. The quantitative estimate of drug-likeness (QED) is 0.928. The summed E-state index contributed by atoms with van der Waals surface area (Å²) in [6, 6.07) is 2.01. The highest BCUT2D eigenvalue weighted by molar-refractivity contribution is 7.08. The molecule has 0 aromatic carbocycles. The summed E-state index contributed by atoms with van der Waals surface area (Å²) in [5.41, 5.74) is 1.75. The van der Waals surface area contributed by atoms with Crippen LogP contribution in [0.3, 0.4) is 0 Å².